The molecule has 0 spiro atoms. The first-order chi connectivity index (χ1) is 10.3. The molecule has 0 amide bonds. The lowest BCUT2D eigenvalue weighted by molar-refractivity contribution is -0.115. The van der Waals surface area contributed by atoms with Gasteiger partial charge in [-0.25, -0.2) is 0 Å². The first kappa shape index (κ1) is 15.0. The average molecular weight is 302 g/mol. The molecule has 4 aliphatic rings. The molecule has 122 valence electrons. The van der Waals surface area contributed by atoms with E-state index < -0.39 is 0 Å². The number of hydrogen-bond donors (Lipinski definition) is 1. The van der Waals surface area contributed by atoms with Crippen LogP contribution in [0.2, 0.25) is 0 Å². The molecule has 22 heavy (non-hydrogen) atoms. The van der Waals surface area contributed by atoms with Crippen LogP contribution < -0.4 is 0 Å². The minimum Gasteiger partial charge on any atom is -0.390 e. The summed E-state index contributed by atoms with van der Waals surface area (Å²) in [5, 5.41) is 10.7. The van der Waals surface area contributed by atoms with E-state index >= 15 is 0 Å². The molecule has 1 N–H and O–H groups in total. The maximum Gasteiger partial charge on any atom is 0.0880 e. The van der Waals surface area contributed by atoms with Crippen molar-refractivity contribution in [3.05, 3.63) is 24.3 Å². The Kier molecular flexibility index (Phi) is 3.05. The number of aliphatic hydroxyl groups is 1. The Bertz CT molecular complexity index is 538. The number of rotatable bonds is 1. The van der Waals surface area contributed by atoms with Gasteiger partial charge >= 0.3 is 0 Å². The van der Waals surface area contributed by atoms with Gasteiger partial charge in [-0.15, -0.1) is 6.58 Å². The normalized spacial score (nSPS) is 56.8. The zero-order valence-electron chi connectivity index (χ0n) is 14.3. The van der Waals surface area contributed by atoms with Crippen molar-refractivity contribution < 1.29 is 9.84 Å². The van der Waals surface area contributed by atoms with Gasteiger partial charge in [0.05, 0.1) is 18.8 Å². The molecule has 7 atom stereocenters. The fourth-order valence-corrected chi connectivity index (χ4v) is 6.37. The third-order valence-corrected chi connectivity index (χ3v) is 7.83. The Morgan fingerprint density at radius 2 is 2.09 bits per heavy atom. The second kappa shape index (κ2) is 4.48. The summed E-state index contributed by atoms with van der Waals surface area (Å²) >= 11 is 0. The van der Waals surface area contributed by atoms with Crippen molar-refractivity contribution >= 4 is 0 Å². The summed E-state index contributed by atoms with van der Waals surface area (Å²) in [6.07, 6.45) is 10.3. The molecule has 3 fully saturated rings. The van der Waals surface area contributed by atoms with Crippen LogP contribution in [-0.2, 0) is 4.74 Å². The van der Waals surface area contributed by atoms with Crippen LogP contribution in [0, 0.1) is 28.1 Å². The molecule has 0 unspecified atom stereocenters. The molecule has 1 saturated heterocycles. The fraction of sp³-hybridized carbons (Fsp3) is 0.800. The van der Waals surface area contributed by atoms with Gasteiger partial charge in [-0.1, -0.05) is 38.5 Å². The summed E-state index contributed by atoms with van der Waals surface area (Å²) in [6.45, 7) is 11.9. The standard InChI is InChI=1S/C20H30O2/c1-5-18(2)9-8-14-13(10-18)6-7-16-19(14,3)11-15-17(21)20(16,4)12-22-15/h5-6,14-17,21H,1,7-12H2,2-4H3/t14-,15-,16+,17+,18-,19+,20+/m0/s1. The highest BCUT2D eigenvalue weighted by atomic mass is 16.5. The second-order valence-electron chi connectivity index (χ2n) is 9.20. The number of ether oxygens (including phenoxy) is 1. The molecule has 1 aliphatic heterocycles. The van der Waals surface area contributed by atoms with E-state index in [0.717, 1.165) is 19.4 Å². The highest BCUT2D eigenvalue weighted by Crippen LogP contribution is 2.65. The summed E-state index contributed by atoms with van der Waals surface area (Å²) in [7, 11) is 0. The quantitative estimate of drug-likeness (QED) is 0.739. The van der Waals surface area contributed by atoms with Gasteiger partial charge < -0.3 is 9.84 Å². The molecule has 2 bridgehead atoms. The third kappa shape index (κ3) is 1.74. The molecule has 0 aromatic carbocycles. The lowest BCUT2D eigenvalue weighted by Crippen LogP contribution is -2.58. The minimum absolute atomic E-state index is 0.0540. The second-order valence-corrected chi connectivity index (χ2v) is 9.20. The maximum atomic E-state index is 10.7. The van der Waals surface area contributed by atoms with Crippen LogP contribution in [0.4, 0.5) is 0 Å². The van der Waals surface area contributed by atoms with Gasteiger partial charge in [0.2, 0.25) is 0 Å². The predicted molar refractivity (Wildman–Crippen MR) is 88.4 cm³/mol. The largest absolute Gasteiger partial charge is 0.390 e. The van der Waals surface area contributed by atoms with Gasteiger partial charge in [-0.05, 0) is 54.8 Å². The smallest absolute Gasteiger partial charge is 0.0880 e. The van der Waals surface area contributed by atoms with E-state index in [9.17, 15) is 5.11 Å². The van der Waals surface area contributed by atoms with Crippen molar-refractivity contribution in [1.82, 2.24) is 0 Å². The van der Waals surface area contributed by atoms with Crippen LogP contribution in [0.5, 0.6) is 0 Å². The molecule has 0 radical (unpaired) electrons. The van der Waals surface area contributed by atoms with Crippen LogP contribution >= 0.6 is 0 Å². The van der Waals surface area contributed by atoms with Crippen LogP contribution in [0.15, 0.2) is 24.3 Å². The summed E-state index contributed by atoms with van der Waals surface area (Å²) in [6, 6.07) is 0. The number of aliphatic hydroxyl groups excluding tert-OH is 1. The summed E-state index contributed by atoms with van der Waals surface area (Å²) in [5.74, 6) is 1.23. The Labute approximate surface area is 134 Å². The van der Waals surface area contributed by atoms with E-state index in [-0.39, 0.29) is 23.0 Å². The SMILES string of the molecule is C=C[C@@]1(C)CC[C@H]2C(=CC[C@@H]3[C@]2(C)C[C@@H]2OC[C@@]3(C)[C@@H]2O)C1. The Hall–Kier alpha value is -0.600. The first-order valence-electron chi connectivity index (χ1n) is 8.95. The molecular weight excluding hydrogens is 272 g/mol. The van der Waals surface area contributed by atoms with Gasteiger partial charge in [0.15, 0.2) is 0 Å². The lowest BCUT2D eigenvalue weighted by Gasteiger charge is -2.59. The minimum atomic E-state index is -0.275. The summed E-state index contributed by atoms with van der Waals surface area (Å²) in [4.78, 5) is 0. The predicted octanol–water partition coefficient (Wildman–Crippen LogP) is 4.10. The molecule has 2 nitrogen and oxygen atoms in total. The first-order valence-corrected chi connectivity index (χ1v) is 8.95. The van der Waals surface area contributed by atoms with E-state index in [1.54, 1.807) is 5.57 Å². The van der Waals surface area contributed by atoms with Crippen molar-refractivity contribution in [2.24, 2.45) is 28.1 Å². The molecule has 0 aromatic heterocycles. The van der Waals surface area contributed by atoms with Crippen molar-refractivity contribution in [2.45, 2.75) is 65.1 Å². The monoisotopic (exact) mass is 302 g/mol. The van der Waals surface area contributed by atoms with Crippen LogP contribution in [0.3, 0.4) is 0 Å². The van der Waals surface area contributed by atoms with E-state index in [4.69, 9.17) is 4.74 Å². The van der Waals surface area contributed by atoms with E-state index in [2.05, 4.69) is 39.5 Å². The number of hydrogen-bond acceptors (Lipinski definition) is 2. The summed E-state index contributed by atoms with van der Waals surface area (Å²) in [5.41, 5.74) is 2.17. The average Bonchev–Trinajstić information content (AvgIpc) is 2.68. The molecular formula is C20H30O2. The topological polar surface area (TPSA) is 29.5 Å². The van der Waals surface area contributed by atoms with E-state index in [0.29, 0.717) is 17.3 Å². The Morgan fingerprint density at radius 3 is 2.82 bits per heavy atom. The third-order valence-electron chi connectivity index (χ3n) is 7.83. The molecule has 4 rings (SSSR count). The van der Waals surface area contributed by atoms with Gasteiger partial charge in [0.25, 0.3) is 0 Å². The van der Waals surface area contributed by atoms with Crippen LogP contribution in [0.1, 0.15) is 52.9 Å². The van der Waals surface area contributed by atoms with E-state index in [1.807, 2.05) is 0 Å². The molecule has 0 aromatic rings. The maximum absolute atomic E-state index is 10.7. The van der Waals surface area contributed by atoms with Gasteiger partial charge in [0.1, 0.15) is 0 Å². The molecule has 1 heterocycles. The molecule has 2 saturated carbocycles. The Morgan fingerprint density at radius 1 is 1.32 bits per heavy atom. The van der Waals surface area contributed by atoms with Crippen LogP contribution in [0.25, 0.3) is 0 Å². The van der Waals surface area contributed by atoms with Gasteiger partial charge in [-0.2, -0.15) is 0 Å². The highest BCUT2D eigenvalue weighted by Gasteiger charge is 2.64. The van der Waals surface area contributed by atoms with Crippen molar-refractivity contribution in [2.75, 3.05) is 6.61 Å². The summed E-state index contributed by atoms with van der Waals surface area (Å²) < 4.78 is 6.00. The van der Waals surface area contributed by atoms with Crippen molar-refractivity contribution in [1.29, 1.82) is 0 Å². The van der Waals surface area contributed by atoms with Gasteiger partial charge in [-0.3, -0.25) is 0 Å². The molecule has 3 aliphatic carbocycles. The van der Waals surface area contributed by atoms with Gasteiger partial charge in [0, 0.05) is 5.41 Å². The zero-order valence-corrected chi connectivity index (χ0v) is 14.3. The molecule has 2 heteroatoms. The van der Waals surface area contributed by atoms with Crippen LogP contribution in [-0.4, -0.2) is 23.9 Å². The van der Waals surface area contributed by atoms with E-state index in [1.165, 1.54) is 19.3 Å². The van der Waals surface area contributed by atoms with Crippen molar-refractivity contribution in [3.63, 3.8) is 0 Å². The Balaban J connectivity index is 1.72. The number of allylic oxidation sites excluding steroid dienone is 3. The lowest BCUT2D eigenvalue weighted by atomic mass is 9.45. The number of fused-ring (bicyclic) bond motifs is 6. The fourth-order valence-electron chi connectivity index (χ4n) is 6.37. The van der Waals surface area contributed by atoms with Crippen molar-refractivity contribution in [3.8, 4) is 0 Å². The zero-order chi connectivity index (χ0) is 15.8. The highest BCUT2D eigenvalue weighted by molar-refractivity contribution is 5.27.